The first-order valence-electron chi connectivity index (χ1n) is 9.29. The summed E-state index contributed by atoms with van der Waals surface area (Å²) in [6.07, 6.45) is 13.9. The Morgan fingerprint density at radius 2 is 1.35 bits per heavy atom. The van der Waals surface area contributed by atoms with Crippen LogP contribution in [0, 0.1) is 13.8 Å². The number of aryl methyl sites for hydroxylation is 1. The largest absolute Gasteiger partial charge is 0.468 e. The lowest BCUT2D eigenvalue weighted by atomic mass is 10.0. The summed E-state index contributed by atoms with van der Waals surface area (Å²) in [7, 11) is 1.55. The first-order valence-corrected chi connectivity index (χ1v) is 9.29. The van der Waals surface area contributed by atoms with Gasteiger partial charge < -0.3 is 9.15 Å². The Labute approximate surface area is 141 Å². The lowest BCUT2D eigenvalue weighted by Crippen LogP contribution is -2.13. The third-order valence-corrected chi connectivity index (χ3v) is 4.56. The van der Waals surface area contributed by atoms with E-state index in [1.807, 2.05) is 6.92 Å². The number of ether oxygens (including phenoxy) is 1. The van der Waals surface area contributed by atoms with E-state index < -0.39 is 0 Å². The zero-order valence-corrected chi connectivity index (χ0v) is 15.5. The molecule has 0 fully saturated rings. The lowest BCUT2D eigenvalue weighted by molar-refractivity contribution is 0.277. The molecule has 0 aliphatic heterocycles. The van der Waals surface area contributed by atoms with Gasteiger partial charge in [-0.2, -0.15) is 0 Å². The summed E-state index contributed by atoms with van der Waals surface area (Å²) in [6, 6.07) is 0. The van der Waals surface area contributed by atoms with Crippen LogP contribution in [0.1, 0.15) is 88.0 Å². The van der Waals surface area contributed by atoms with Gasteiger partial charge in [0.25, 0.3) is 5.95 Å². The Balaban J connectivity index is 2.24. The van der Waals surface area contributed by atoms with Crippen LogP contribution in [-0.4, -0.2) is 7.11 Å². The number of rotatable bonds is 12. The molecular formula is C20H34O3. The van der Waals surface area contributed by atoms with Gasteiger partial charge in [-0.1, -0.05) is 64.7 Å². The van der Waals surface area contributed by atoms with Crippen molar-refractivity contribution in [3.05, 3.63) is 27.1 Å². The molecule has 1 heterocycles. The van der Waals surface area contributed by atoms with Crippen molar-refractivity contribution in [1.82, 2.24) is 0 Å². The van der Waals surface area contributed by atoms with Crippen molar-refractivity contribution in [2.75, 3.05) is 7.11 Å². The number of hydrogen-bond acceptors (Lipinski definition) is 3. The molecular weight excluding hydrogens is 288 g/mol. The predicted octanol–water partition coefficient (Wildman–Crippen LogP) is 5.73. The van der Waals surface area contributed by atoms with Gasteiger partial charge >= 0.3 is 0 Å². The number of unbranched alkanes of at least 4 members (excludes halogenated alkanes) is 9. The highest BCUT2D eigenvalue weighted by Crippen LogP contribution is 2.20. The molecule has 0 saturated carbocycles. The molecule has 0 unspecified atom stereocenters. The SMILES string of the molecule is CCCCCCCCCCCCc1oc(OC)c(C)c(=O)c1C. The molecule has 1 aromatic rings. The van der Waals surface area contributed by atoms with Gasteiger partial charge in [-0.3, -0.25) is 4.79 Å². The van der Waals surface area contributed by atoms with E-state index >= 15 is 0 Å². The Bertz CT molecular complexity index is 502. The fourth-order valence-corrected chi connectivity index (χ4v) is 2.97. The van der Waals surface area contributed by atoms with Crippen LogP contribution in [-0.2, 0) is 6.42 Å². The Morgan fingerprint density at radius 3 is 1.87 bits per heavy atom. The molecule has 0 atom stereocenters. The predicted molar refractivity (Wildman–Crippen MR) is 96.6 cm³/mol. The highest BCUT2D eigenvalue weighted by Gasteiger charge is 2.13. The zero-order chi connectivity index (χ0) is 17.1. The van der Waals surface area contributed by atoms with Crippen LogP contribution in [0.2, 0.25) is 0 Å². The van der Waals surface area contributed by atoms with E-state index in [9.17, 15) is 4.79 Å². The average molecular weight is 322 g/mol. The van der Waals surface area contributed by atoms with E-state index in [0.717, 1.165) is 24.2 Å². The van der Waals surface area contributed by atoms with Gasteiger partial charge in [0.2, 0.25) is 0 Å². The quantitative estimate of drug-likeness (QED) is 0.461. The van der Waals surface area contributed by atoms with Gasteiger partial charge in [0.15, 0.2) is 5.43 Å². The van der Waals surface area contributed by atoms with E-state index in [4.69, 9.17) is 9.15 Å². The Kier molecular flexibility index (Phi) is 9.74. The van der Waals surface area contributed by atoms with Crippen LogP contribution < -0.4 is 10.2 Å². The number of hydrogen-bond donors (Lipinski definition) is 0. The lowest BCUT2D eigenvalue weighted by Gasteiger charge is -2.09. The molecule has 0 aliphatic carbocycles. The van der Waals surface area contributed by atoms with E-state index in [1.54, 1.807) is 14.0 Å². The average Bonchev–Trinajstić information content (AvgIpc) is 2.56. The second-order valence-corrected chi connectivity index (χ2v) is 6.53. The van der Waals surface area contributed by atoms with Gasteiger partial charge in [0, 0.05) is 12.0 Å². The molecule has 0 aliphatic rings. The fourth-order valence-electron chi connectivity index (χ4n) is 2.97. The van der Waals surface area contributed by atoms with Gasteiger partial charge in [-0.25, -0.2) is 0 Å². The third kappa shape index (κ3) is 6.80. The van der Waals surface area contributed by atoms with E-state index in [-0.39, 0.29) is 5.43 Å². The Hall–Kier alpha value is -1.25. The molecule has 0 aromatic carbocycles. The van der Waals surface area contributed by atoms with Crippen molar-refractivity contribution in [3.63, 3.8) is 0 Å². The van der Waals surface area contributed by atoms with E-state index in [1.165, 1.54) is 57.8 Å². The second-order valence-electron chi connectivity index (χ2n) is 6.53. The zero-order valence-electron chi connectivity index (χ0n) is 15.5. The summed E-state index contributed by atoms with van der Waals surface area (Å²) in [5.41, 5.74) is 1.35. The third-order valence-electron chi connectivity index (χ3n) is 4.56. The first-order chi connectivity index (χ1) is 11.1. The highest BCUT2D eigenvalue weighted by molar-refractivity contribution is 5.29. The summed E-state index contributed by atoms with van der Waals surface area (Å²) in [5.74, 6) is 1.15. The minimum atomic E-state index is 0.0511. The van der Waals surface area contributed by atoms with Crippen LogP contribution >= 0.6 is 0 Å². The van der Waals surface area contributed by atoms with Crippen molar-refractivity contribution in [1.29, 1.82) is 0 Å². The van der Waals surface area contributed by atoms with Gasteiger partial charge in [0.05, 0.1) is 12.7 Å². The molecule has 3 heteroatoms. The Morgan fingerprint density at radius 1 is 0.826 bits per heavy atom. The van der Waals surface area contributed by atoms with Gasteiger partial charge in [-0.05, 0) is 20.3 Å². The molecule has 1 aromatic heterocycles. The molecule has 132 valence electrons. The van der Waals surface area contributed by atoms with Gasteiger partial charge in [-0.15, -0.1) is 0 Å². The maximum atomic E-state index is 12.1. The summed E-state index contributed by atoms with van der Waals surface area (Å²) < 4.78 is 10.9. The number of methoxy groups -OCH3 is 1. The highest BCUT2D eigenvalue weighted by atomic mass is 16.6. The van der Waals surface area contributed by atoms with Crippen molar-refractivity contribution < 1.29 is 9.15 Å². The minimum Gasteiger partial charge on any atom is -0.468 e. The minimum absolute atomic E-state index is 0.0511. The molecule has 3 nitrogen and oxygen atoms in total. The normalized spacial score (nSPS) is 11.0. The van der Waals surface area contributed by atoms with Crippen LogP contribution in [0.15, 0.2) is 9.21 Å². The van der Waals surface area contributed by atoms with Crippen molar-refractivity contribution >= 4 is 0 Å². The monoisotopic (exact) mass is 322 g/mol. The van der Waals surface area contributed by atoms with Gasteiger partial charge in [0.1, 0.15) is 5.76 Å². The van der Waals surface area contributed by atoms with Crippen molar-refractivity contribution in [2.24, 2.45) is 0 Å². The van der Waals surface area contributed by atoms with E-state index in [0.29, 0.717) is 11.5 Å². The molecule has 0 saturated heterocycles. The molecule has 0 bridgehead atoms. The van der Waals surface area contributed by atoms with Crippen LogP contribution in [0.25, 0.3) is 0 Å². The molecule has 23 heavy (non-hydrogen) atoms. The fraction of sp³-hybridized carbons (Fsp3) is 0.750. The molecule has 0 radical (unpaired) electrons. The van der Waals surface area contributed by atoms with Crippen molar-refractivity contribution in [3.8, 4) is 5.95 Å². The second kappa shape index (κ2) is 11.3. The topological polar surface area (TPSA) is 39.4 Å². The van der Waals surface area contributed by atoms with E-state index in [2.05, 4.69) is 6.92 Å². The summed E-state index contributed by atoms with van der Waals surface area (Å²) in [6.45, 7) is 5.86. The van der Waals surface area contributed by atoms with Crippen molar-refractivity contribution in [2.45, 2.75) is 91.4 Å². The summed E-state index contributed by atoms with van der Waals surface area (Å²) in [5, 5.41) is 0. The van der Waals surface area contributed by atoms with Crippen LogP contribution in [0.4, 0.5) is 0 Å². The molecule has 1 rings (SSSR count). The van der Waals surface area contributed by atoms with Crippen LogP contribution in [0.3, 0.4) is 0 Å². The summed E-state index contributed by atoms with van der Waals surface area (Å²) in [4.78, 5) is 12.1. The standard InChI is InChI=1S/C20H34O3/c1-5-6-7-8-9-10-11-12-13-14-15-18-16(2)19(21)17(3)20(22-4)23-18/h5-15H2,1-4H3. The molecule has 0 N–H and O–H groups in total. The first kappa shape index (κ1) is 19.8. The maximum Gasteiger partial charge on any atom is 0.291 e. The molecule has 0 spiro atoms. The smallest absolute Gasteiger partial charge is 0.291 e. The maximum absolute atomic E-state index is 12.1. The summed E-state index contributed by atoms with van der Waals surface area (Å²) >= 11 is 0. The molecule has 0 amide bonds. The van der Waals surface area contributed by atoms with Crippen LogP contribution in [0.5, 0.6) is 5.95 Å².